The summed E-state index contributed by atoms with van der Waals surface area (Å²) in [5.74, 6) is 0. The van der Waals surface area contributed by atoms with Gasteiger partial charge in [-0.25, -0.2) is 0 Å². The summed E-state index contributed by atoms with van der Waals surface area (Å²) in [7, 11) is 0. The average Bonchev–Trinajstić information content (AvgIpc) is 2.38. The average molecular weight is 250 g/mol. The molecule has 2 heteroatoms. The van der Waals surface area contributed by atoms with E-state index >= 15 is 0 Å². The maximum atomic E-state index is 5.87. The largest absolute Gasteiger partial charge is 0.348 e. The molecular weight excluding hydrogens is 224 g/mol. The van der Waals surface area contributed by atoms with E-state index in [-0.39, 0.29) is 6.29 Å². The minimum Gasteiger partial charge on any atom is -0.348 e. The second-order valence-corrected chi connectivity index (χ2v) is 4.64. The number of hydrogen-bond donors (Lipinski definition) is 0. The minimum atomic E-state index is -0.204. The van der Waals surface area contributed by atoms with Crippen molar-refractivity contribution in [2.24, 2.45) is 0 Å². The lowest BCUT2D eigenvalue weighted by atomic mass is 10.1. The van der Waals surface area contributed by atoms with Gasteiger partial charge in [0.15, 0.2) is 6.29 Å². The first-order chi connectivity index (χ1) is 8.79. The van der Waals surface area contributed by atoms with Crippen LogP contribution in [0.5, 0.6) is 0 Å². The summed E-state index contributed by atoms with van der Waals surface area (Å²) < 4.78 is 11.7. The molecule has 0 bridgehead atoms. The molecule has 1 rings (SSSR count). The number of rotatable bonds is 9. The molecule has 0 aliphatic rings. The van der Waals surface area contributed by atoms with E-state index in [1.54, 1.807) is 0 Å². The quantitative estimate of drug-likeness (QED) is 0.470. The Morgan fingerprint density at radius 2 is 1.50 bits per heavy atom. The lowest BCUT2D eigenvalue weighted by Gasteiger charge is -2.20. The molecule has 0 aliphatic heterocycles. The fourth-order valence-corrected chi connectivity index (χ4v) is 1.75. The number of benzene rings is 1. The lowest BCUT2D eigenvalue weighted by molar-refractivity contribution is -0.148. The van der Waals surface area contributed by atoms with Crippen LogP contribution in [-0.2, 0) is 9.47 Å². The lowest BCUT2D eigenvalue weighted by Crippen LogP contribution is -2.12. The van der Waals surface area contributed by atoms with Crippen LogP contribution in [0.1, 0.15) is 56.9 Å². The van der Waals surface area contributed by atoms with E-state index in [2.05, 4.69) is 32.9 Å². The second kappa shape index (κ2) is 9.12. The van der Waals surface area contributed by atoms with E-state index in [0.29, 0.717) is 0 Å². The molecule has 0 saturated heterocycles. The van der Waals surface area contributed by atoms with Crippen LogP contribution >= 0.6 is 0 Å². The number of ether oxygens (including phenoxy) is 2. The molecule has 0 aliphatic carbocycles. The highest BCUT2D eigenvalue weighted by molar-refractivity contribution is 5.26. The molecular formula is C16H26O2. The zero-order valence-electron chi connectivity index (χ0n) is 11.9. The predicted molar refractivity (Wildman–Crippen MR) is 75.6 cm³/mol. The highest BCUT2D eigenvalue weighted by atomic mass is 16.7. The Labute approximate surface area is 111 Å². The maximum Gasteiger partial charge on any atom is 0.184 e. The minimum absolute atomic E-state index is 0.204. The summed E-state index contributed by atoms with van der Waals surface area (Å²) in [4.78, 5) is 0. The van der Waals surface area contributed by atoms with Gasteiger partial charge in [0, 0.05) is 5.56 Å². The van der Waals surface area contributed by atoms with Crippen molar-refractivity contribution in [3.8, 4) is 0 Å². The Hall–Kier alpha value is -0.860. The van der Waals surface area contributed by atoms with Crippen LogP contribution in [0.3, 0.4) is 0 Å². The van der Waals surface area contributed by atoms with Gasteiger partial charge in [-0.05, 0) is 25.3 Å². The van der Waals surface area contributed by atoms with Gasteiger partial charge in [0.2, 0.25) is 0 Å². The third-order valence-corrected chi connectivity index (χ3v) is 2.98. The molecule has 2 nitrogen and oxygen atoms in total. The molecule has 102 valence electrons. The van der Waals surface area contributed by atoms with Crippen molar-refractivity contribution in [2.75, 3.05) is 13.2 Å². The van der Waals surface area contributed by atoms with E-state index in [4.69, 9.17) is 9.47 Å². The van der Waals surface area contributed by atoms with Crippen LogP contribution in [-0.4, -0.2) is 13.2 Å². The smallest absolute Gasteiger partial charge is 0.184 e. The molecule has 0 atom stereocenters. The van der Waals surface area contributed by atoms with Crippen molar-refractivity contribution in [3.05, 3.63) is 35.4 Å². The van der Waals surface area contributed by atoms with Gasteiger partial charge in [-0.3, -0.25) is 0 Å². The molecule has 0 heterocycles. The van der Waals surface area contributed by atoms with Gasteiger partial charge >= 0.3 is 0 Å². The summed E-state index contributed by atoms with van der Waals surface area (Å²) in [5, 5.41) is 0. The van der Waals surface area contributed by atoms with Crippen molar-refractivity contribution in [3.63, 3.8) is 0 Å². The molecule has 0 radical (unpaired) electrons. The van der Waals surface area contributed by atoms with Crippen molar-refractivity contribution < 1.29 is 9.47 Å². The van der Waals surface area contributed by atoms with Gasteiger partial charge in [0.05, 0.1) is 13.2 Å². The van der Waals surface area contributed by atoms with Gasteiger partial charge in [0.25, 0.3) is 0 Å². The van der Waals surface area contributed by atoms with E-state index in [0.717, 1.165) is 44.5 Å². The third-order valence-electron chi connectivity index (χ3n) is 2.98. The van der Waals surface area contributed by atoms with E-state index in [1.165, 1.54) is 5.56 Å². The molecule has 0 unspecified atom stereocenters. The number of hydrogen-bond acceptors (Lipinski definition) is 2. The Morgan fingerprint density at radius 3 is 2.00 bits per heavy atom. The Balaban J connectivity index is 2.60. The zero-order valence-corrected chi connectivity index (χ0v) is 11.9. The molecule has 18 heavy (non-hydrogen) atoms. The second-order valence-electron chi connectivity index (χ2n) is 4.64. The van der Waals surface area contributed by atoms with Crippen LogP contribution in [0.25, 0.3) is 0 Å². The number of aryl methyl sites for hydroxylation is 1. The summed E-state index contributed by atoms with van der Waals surface area (Å²) >= 11 is 0. The topological polar surface area (TPSA) is 18.5 Å². The molecule has 0 N–H and O–H groups in total. The van der Waals surface area contributed by atoms with Gasteiger partial charge in [-0.2, -0.15) is 0 Å². The van der Waals surface area contributed by atoms with Crippen LogP contribution in [0.15, 0.2) is 24.3 Å². The van der Waals surface area contributed by atoms with E-state index in [9.17, 15) is 0 Å². The van der Waals surface area contributed by atoms with E-state index in [1.807, 2.05) is 12.1 Å². The summed E-state index contributed by atoms with van der Waals surface area (Å²) in [6.45, 7) is 7.98. The predicted octanol–water partition coefficient (Wildman–Crippen LogP) is 4.63. The first-order valence-corrected chi connectivity index (χ1v) is 7.08. The van der Waals surface area contributed by atoms with Crippen LogP contribution in [0.2, 0.25) is 0 Å². The van der Waals surface area contributed by atoms with Gasteiger partial charge < -0.3 is 9.47 Å². The molecule has 1 aromatic rings. The first-order valence-electron chi connectivity index (χ1n) is 7.08. The molecule has 1 aromatic carbocycles. The molecule has 0 fully saturated rings. The maximum absolute atomic E-state index is 5.87. The van der Waals surface area contributed by atoms with Gasteiger partial charge in [-0.15, -0.1) is 0 Å². The molecule has 0 spiro atoms. The Bertz CT molecular complexity index is 313. The molecule has 0 saturated carbocycles. The van der Waals surface area contributed by atoms with Crippen molar-refractivity contribution in [2.45, 2.75) is 52.7 Å². The zero-order chi connectivity index (χ0) is 13.2. The van der Waals surface area contributed by atoms with E-state index < -0.39 is 0 Å². The standard InChI is InChI=1S/C16H26O2/c1-4-6-12-17-16(18-13-7-5-2)15-11-9-8-10-14(15)3/h8-11,16H,4-7,12-13H2,1-3H3. The first kappa shape index (κ1) is 15.2. The van der Waals surface area contributed by atoms with Crippen molar-refractivity contribution in [1.82, 2.24) is 0 Å². The third kappa shape index (κ3) is 5.19. The summed E-state index contributed by atoms with van der Waals surface area (Å²) in [6.07, 6.45) is 4.26. The van der Waals surface area contributed by atoms with Crippen LogP contribution in [0, 0.1) is 6.92 Å². The van der Waals surface area contributed by atoms with Gasteiger partial charge in [0.1, 0.15) is 0 Å². The fourth-order valence-electron chi connectivity index (χ4n) is 1.75. The highest BCUT2D eigenvalue weighted by Crippen LogP contribution is 2.23. The monoisotopic (exact) mass is 250 g/mol. The van der Waals surface area contributed by atoms with Crippen molar-refractivity contribution >= 4 is 0 Å². The fraction of sp³-hybridized carbons (Fsp3) is 0.625. The molecule has 0 aromatic heterocycles. The van der Waals surface area contributed by atoms with Crippen molar-refractivity contribution in [1.29, 1.82) is 0 Å². The highest BCUT2D eigenvalue weighted by Gasteiger charge is 2.14. The Kier molecular flexibility index (Phi) is 7.70. The Morgan fingerprint density at radius 1 is 0.944 bits per heavy atom. The normalized spacial score (nSPS) is 11.1. The van der Waals surface area contributed by atoms with Crippen LogP contribution < -0.4 is 0 Å². The van der Waals surface area contributed by atoms with Crippen LogP contribution in [0.4, 0.5) is 0 Å². The summed E-state index contributed by atoms with van der Waals surface area (Å²) in [6, 6.07) is 8.29. The molecule has 0 amide bonds. The SMILES string of the molecule is CCCCOC(OCCCC)c1ccccc1C. The van der Waals surface area contributed by atoms with Gasteiger partial charge in [-0.1, -0.05) is 51.0 Å². The number of unbranched alkanes of at least 4 members (excludes halogenated alkanes) is 2. The summed E-state index contributed by atoms with van der Waals surface area (Å²) in [5.41, 5.74) is 2.39.